The average Bonchev–Trinajstić information content (AvgIpc) is 2.38. The van der Waals surface area contributed by atoms with Crippen LogP contribution in [0, 0.1) is 13.8 Å². The van der Waals surface area contributed by atoms with Gasteiger partial charge in [0.15, 0.2) is 0 Å². The van der Waals surface area contributed by atoms with Crippen LogP contribution in [0.4, 0.5) is 5.69 Å². The van der Waals surface area contributed by atoms with Crippen molar-refractivity contribution in [1.82, 2.24) is 4.90 Å². The molecule has 0 saturated carbocycles. The molecule has 2 N–H and O–H groups in total. The smallest absolute Gasteiger partial charge is 0.0372 e. The highest BCUT2D eigenvalue weighted by Gasteiger charge is 2.23. The molecule has 106 valence electrons. The van der Waals surface area contributed by atoms with Crippen molar-refractivity contribution < 1.29 is 0 Å². The monoisotopic (exact) mass is 261 g/mol. The fourth-order valence-electron chi connectivity index (χ4n) is 3.07. The summed E-state index contributed by atoms with van der Waals surface area (Å²) >= 11 is 0. The summed E-state index contributed by atoms with van der Waals surface area (Å²) in [5.74, 6) is 0. The molecule has 0 bridgehead atoms. The summed E-state index contributed by atoms with van der Waals surface area (Å²) in [6.07, 6.45) is 2.56. The van der Waals surface area contributed by atoms with E-state index >= 15 is 0 Å². The lowest BCUT2D eigenvalue weighted by atomic mass is 10.0. The van der Waals surface area contributed by atoms with E-state index < -0.39 is 0 Å². The van der Waals surface area contributed by atoms with Gasteiger partial charge in [-0.25, -0.2) is 0 Å². The Hall–Kier alpha value is -1.06. The van der Waals surface area contributed by atoms with Crippen molar-refractivity contribution >= 4 is 5.69 Å². The second-order valence-electron chi connectivity index (χ2n) is 5.86. The molecule has 0 aliphatic carbocycles. The van der Waals surface area contributed by atoms with E-state index in [0.29, 0.717) is 6.04 Å². The molecule has 3 nitrogen and oxygen atoms in total. The summed E-state index contributed by atoms with van der Waals surface area (Å²) in [6, 6.07) is 7.49. The fourth-order valence-corrected chi connectivity index (χ4v) is 3.07. The number of aryl methyl sites for hydroxylation is 2. The van der Waals surface area contributed by atoms with Crippen LogP contribution < -0.4 is 10.6 Å². The number of hydrogen-bond acceptors (Lipinski definition) is 3. The van der Waals surface area contributed by atoms with Gasteiger partial charge in [0.05, 0.1) is 0 Å². The van der Waals surface area contributed by atoms with Gasteiger partial charge >= 0.3 is 0 Å². The molecule has 1 aliphatic rings. The minimum atomic E-state index is 0.637. The van der Waals surface area contributed by atoms with Gasteiger partial charge in [-0.2, -0.15) is 0 Å². The number of hydrogen-bond donors (Lipinski definition) is 1. The molecule has 1 unspecified atom stereocenters. The Kier molecular flexibility index (Phi) is 4.83. The Morgan fingerprint density at radius 2 is 1.95 bits per heavy atom. The number of nitrogens with two attached hydrogens (primary N) is 1. The van der Waals surface area contributed by atoms with Crippen molar-refractivity contribution in [3.63, 3.8) is 0 Å². The van der Waals surface area contributed by atoms with Crippen LogP contribution in [0.3, 0.4) is 0 Å². The SMILES string of the molecule is Cc1cc(C)cc(N2CCCC(N(C)CCN)C2)c1. The van der Waals surface area contributed by atoms with Gasteiger partial charge in [0.25, 0.3) is 0 Å². The van der Waals surface area contributed by atoms with E-state index in [0.717, 1.165) is 19.6 Å². The number of piperidine rings is 1. The van der Waals surface area contributed by atoms with Crippen molar-refractivity contribution in [3.05, 3.63) is 29.3 Å². The Labute approximate surface area is 117 Å². The van der Waals surface area contributed by atoms with E-state index in [1.165, 1.54) is 36.2 Å². The van der Waals surface area contributed by atoms with Gasteiger partial charge in [0.2, 0.25) is 0 Å². The topological polar surface area (TPSA) is 32.5 Å². The number of rotatable bonds is 4. The highest BCUT2D eigenvalue weighted by molar-refractivity contribution is 5.51. The van der Waals surface area contributed by atoms with Crippen LogP contribution in [0.1, 0.15) is 24.0 Å². The van der Waals surface area contributed by atoms with Crippen molar-refractivity contribution in [2.45, 2.75) is 32.7 Å². The molecule has 1 aliphatic heterocycles. The molecule has 1 heterocycles. The van der Waals surface area contributed by atoms with Gasteiger partial charge < -0.3 is 15.5 Å². The first-order valence-corrected chi connectivity index (χ1v) is 7.33. The Balaban J connectivity index is 2.08. The van der Waals surface area contributed by atoms with Gasteiger partial charge in [0.1, 0.15) is 0 Å². The summed E-state index contributed by atoms with van der Waals surface area (Å²) in [5.41, 5.74) is 9.75. The zero-order chi connectivity index (χ0) is 13.8. The summed E-state index contributed by atoms with van der Waals surface area (Å²) in [7, 11) is 2.20. The summed E-state index contributed by atoms with van der Waals surface area (Å²) in [5, 5.41) is 0. The van der Waals surface area contributed by atoms with Crippen LogP contribution in [0.2, 0.25) is 0 Å². The van der Waals surface area contributed by atoms with Gasteiger partial charge in [-0.3, -0.25) is 0 Å². The molecular formula is C16H27N3. The first-order valence-electron chi connectivity index (χ1n) is 7.33. The fraction of sp³-hybridized carbons (Fsp3) is 0.625. The van der Waals surface area contributed by atoms with Crippen molar-refractivity contribution in [2.24, 2.45) is 5.73 Å². The van der Waals surface area contributed by atoms with Gasteiger partial charge in [-0.15, -0.1) is 0 Å². The van der Waals surface area contributed by atoms with Crippen molar-refractivity contribution in [2.75, 3.05) is 38.1 Å². The number of anilines is 1. The lowest BCUT2D eigenvalue weighted by Gasteiger charge is -2.39. The summed E-state index contributed by atoms with van der Waals surface area (Å²) in [6.45, 7) is 8.40. The molecule has 1 aromatic rings. The molecule has 1 aromatic carbocycles. The van der Waals surface area contributed by atoms with Gasteiger partial charge in [-0.05, 0) is 57.0 Å². The van der Waals surface area contributed by atoms with Crippen LogP contribution >= 0.6 is 0 Å². The first-order chi connectivity index (χ1) is 9.10. The zero-order valence-corrected chi connectivity index (χ0v) is 12.5. The van der Waals surface area contributed by atoms with Crippen LogP contribution in [-0.4, -0.2) is 44.2 Å². The molecular weight excluding hydrogens is 234 g/mol. The predicted molar refractivity (Wildman–Crippen MR) is 82.8 cm³/mol. The Morgan fingerprint density at radius 3 is 2.58 bits per heavy atom. The molecule has 3 heteroatoms. The number of likely N-dealkylation sites (N-methyl/N-ethyl adjacent to an activating group) is 1. The minimum Gasteiger partial charge on any atom is -0.370 e. The summed E-state index contributed by atoms with van der Waals surface area (Å²) < 4.78 is 0. The van der Waals surface area contributed by atoms with Gasteiger partial charge in [-0.1, -0.05) is 6.07 Å². The van der Waals surface area contributed by atoms with Crippen LogP contribution in [0.15, 0.2) is 18.2 Å². The van der Waals surface area contributed by atoms with E-state index in [4.69, 9.17) is 5.73 Å². The predicted octanol–water partition coefficient (Wildman–Crippen LogP) is 2.16. The molecule has 2 rings (SSSR count). The third-order valence-electron chi connectivity index (χ3n) is 4.07. The van der Waals surface area contributed by atoms with Crippen LogP contribution in [0.25, 0.3) is 0 Å². The van der Waals surface area contributed by atoms with E-state index in [2.05, 4.69) is 48.9 Å². The van der Waals surface area contributed by atoms with Gasteiger partial charge in [0, 0.05) is 37.9 Å². The number of nitrogens with zero attached hydrogens (tertiary/aromatic N) is 2. The van der Waals surface area contributed by atoms with E-state index in [1.807, 2.05) is 0 Å². The highest BCUT2D eigenvalue weighted by atomic mass is 15.2. The maximum absolute atomic E-state index is 5.67. The lowest BCUT2D eigenvalue weighted by Crippen LogP contribution is -2.47. The minimum absolute atomic E-state index is 0.637. The summed E-state index contributed by atoms with van der Waals surface area (Å²) in [4.78, 5) is 4.94. The Morgan fingerprint density at radius 1 is 1.26 bits per heavy atom. The quantitative estimate of drug-likeness (QED) is 0.901. The van der Waals surface area contributed by atoms with Crippen LogP contribution in [0.5, 0.6) is 0 Å². The van der Waals surface area contributed by atoms with E-state index in [1.54, 1.807) is 0 Å². The molecule has 1 fully saturated rings. The number of benzene rings is 1. The molecule has 0 amide bonds. The second-order valence-corrected chi connectivity index (χ2v) is 5.86. The first kappa shape index (κ1) is 14.4. The van der Waals surface area contributed by atoms with Crippen molar-refractivity contribution in [1.29, 1.82) is 0 Å². The largest absolute Gasteiger partial charge is 0.370 e. The molecule has 0 spiro atoms. The molecule has 19 heavy (non-hydrogen) atoms. The maximum Gasteiger partial charge on any atom is 0.0372 e. The van der Waals surface area contributed by atoms with E-state index in [-0.39, 0.29) is 0 Å². The lowest BCUT2D eigenvalue weighted by molar-refractivity contribution is 0.221. The highest BCUT2D eigenvalue weighted by Crippen LogP contribution is 2.24. The standard InChI is InChI=1S/C16H27N3/c1-13-9-14(2)11-16(10-13)19-7-4-5-15(12-19)18(3)8-6-17/h9-11,15H,4-8,12,17H2,1-3H3. The third kappa shape index (κ3) is 3.71. The van der Waals surface area contributed by atoms with Crippen molar-refractivity contribution in [3.8, 4) is 0 Å². The molecule has 0 radical (unpaired) electrons. The zero-order valence-electron chi connectivity index (χ0n) is 12.5. The average molecular weight is 261 g/mol. The molecule has 1 atom stereocenters. The van der Waals surface area contributed by atoms with E-state index in [9.17, 15) is 0 Å². The Bertz CT molecular complexity index is 396. The third-order valence-corrected chi connectivity index (χ3v) is 4.07. The molecule has 0 aromatic heterocycles. The molecule has 1 saturated heterocycles. The second kappa shape index (κ2) is 6.40. The normalized spacial score (nSPS) is 20.1. The maximum atomic E-state index is 5.67. The van der Waals surface area contributed by atoms with Crippen LogP contribution in [-0.2, 0) is 0 Å².